The number of halogens is 1. The molecule has 0 aliphatic heterocycles. The van der Waals surface area contributed by atoms with Gasteiger partial charge < -0.3 is 10.7 Å². The summed E-state index contributed by atoms with van der Waals surface area (Å²) < 4.78 is 1.06. The number of nitrogens with zero attached hydrogens (tertiary/aromatic N) is 2. The second-order valence-corrected chi connectivity index (χ2v) is 5.38. The summed E-state index contributed by atoms with van der Waals surface area (Å²) in [5, 5.41) is 3.41. The van der Waals surface area contributed by atoms with Crippen molar-refractivity contribution in [1.29, 1.82) is 0 Å². The number of anilines is 2. The molecule has 2 aromatic rings. The van der Waals surface area contributed by atoms with E-state index in [4.69, 9.17) is 5.84 Å². The van der Waals surface area contributed by atoms with E-state index in [1.807, 2.05) is 12.1 Å². The third-order valence-electron chi connectivity index (χ3n) is 3.14. The van der Waals surface area contributed by atoms with E-state index in [1.54, 1.807) is 0 Å². The van der Waals surface area contributed by atoms with Crippen LogP contribution in [0.2, 0.25) is 0 Å². The Morgan fingerprint density at radius 1 is 1.30 bits per heavy atom. The lowest BCUT2D eigenvalue weighted by molar-refractivity contribution is 0.862. The van der Waals surface area contributed by atoms with Crippen molar-refractivity contribution in [3.8, 4) is 0 Å². The van der Waals surface area contributed by atoms with Gasteiger partial charge in [0.1, 0.15) is 18.0 Å². The average Bonchev–Trinajstić information content (AvgIpc) is 2.46. The lowest BCUT2D eigenvalue weighted by atomic mass is 10.1. The van der Waals surface area contributed by atoms with E-state index in [9.17, 15) is 0 Å². The molecule has 0 spiro atoms. The molecular weight excluding hydrogens is 318 g/mol. The monoisotopic (exact) mass is 335 g/mol. The van der Waals surface area contributed by atoms with Crippen LogP contribution in [0, 0.1) is 0 Å². The summed E-state index contributed by atoms with van der Waals surface area (Å²) in [4.78, 5) is 8.44. The molecule has 0 saturated carbocycles. The highest BCUT2D eigenvalue weighted by Gasteiger charge is 2.12. The number of nitrogens with two attached hydrogens (primary N) is 1. The van der Waals surface area contributed by atoms with Gasteiger partial charge in [-0.3, -0.25) is 0 Å². The maximum Gasteiger partial charge on any atom is 0.148 e. The maximum atomic E-state index is 5.48. The zero-order valence-electron chi connectivity index (χ0n) is 11.5. The van der Waals surface area contributed by atoms with E-state index in [2.05, 4.69) is 62.6 Å². The normalized spacial score (nSPS) is 12.0. The Morgan fingerprint density at radius 3 is 2.70 bits per heavy atom. The molecule has 4 N–H and O–H groups in total. The first-order valence-corrected chi connectivity index (χ1v) is 7.27. The minimum Gasteiger partial charge on any atom is -0.363 e. The van der Waals surface area contributed by atoms with Gasteiger partial charge in [0, 0.05) is 16.1 Å². The van der Waals surface area contributed by atoms with Gasteiger partial charge in [-0.1, -0.05) is 35.0 Å². The summed E-state index contributed by atoms with van der Waals surface area (Å²) in [6, 6.07) is 8.34. The lowest BCUT2D eigenvalue weighted by Crippen LogP contribution is -2.15. The van der Waals surface area contributed by atoms with E-state index in [1.165, 1.54) is 11.9 Å². The summed E-state index contributed by atoms with van der Waals surface area (Å²) in [6.07, 6.45) is 2.30. The Hall–Kier alpha value is -1.66. The van der Waals surface area contributed by atoms with Crippen molar-refractivity contribution in [3.63, 3.8) is 0 Å². The van der Waals surface area contributed by atoms with Gasteiger partial charge >= 0.3 is 0 Å². The van der Waals surface area contributed by atoms with Crippen LogP contribution in [0.5, 0.6) is 0 Å². The van der Waals surface area contributed by atoms with Crippen LogP contribution in [0.25, 0.3) is 0 Å². The van der Waals surface area contributed by atoms with Crippen molar-refractivity contribution < 1.29 is 0 Å². The predicted molar refractivity (Wildman–Crippen MR) is 85.4 cm³/mol. The molecule has 1 unspecified atom stereocenters. The molecule has 0 radical (unpaired) electrons. The van der Waals surface area contributed by atoms with Crippen LogP contribution in [-0.4, -0.2) is 9.97 Å². The molecule has 1 aromatic carbocycles. The second kappa shape index (κ2) is 6.67. The molecule has 20 heavy (non-hydrogen) atoms. The molecule has 1 aromatic heterocycles. The predicted octanol–water partition coefficient (Wildman–Crippen LogP) is 3.26. The third-order valence-corrected chi connectivity index (χ3v) is 3.63. The highest BCUT2D eigenvalue weighted by Crippen LogP contribution is 2.25. The minimum absolute atomic E-state index is 0.137. The van der Waals surface area contributed by atoms with E-state index in [0.29, 0.717) is 5.82 Å². The Kier molecular flexibility index (Phi) is 4.92. The first-order valence-electron chi connectivity index (χ1n) is 6.48. The van der Waals surface area contributed by atoms with Gasteiger partial charge in [0.2, 0.25) is 0 Å². The van der Waals surface area contributed by atoms with Crippen molar-refractivity contribution in [2.45, 2.75) is 26.3 Å². The van der Waals surface area contributed by atoms with E-state index in [0.717, 1.165) is 22.3 Å². The summed E-state index contributed by atoms with van der Waals surface area (Å²) in [6.45, 7) is 4.15. The summed E-state index contributed by atoms with van der Waals surface area (Å²) in [5.41, 5.74) is 4.78. The molecule has 5 nitrogen and oxygen atoms in total. The Bertz CT molecular complexity index is 588. The number of benzene rings is 1. The Labute approximate surface area is 127 Å². The quantitative estimate of drug-likeness (QED) is 0.577. The molecule has 0 aliphatic carbocycles. The Balaban J connectivity index is 2.25. The van der Waals surface area contributed by atoms with Crippen LogP contribution in [-0.2, 0) is 6.42 Å². The van der Waals surface area contributed by atoms with Crippen molar-refractivity contribution in [1.82, 2.24) is 9.97 Å². The number of hydrogen-bond acceptors (Lipinski definition) is 5. The first kappa shape index (κ1) is 14.7. The molecule has 106 valence electrons. The smallest absolute Gasteiger partial charge is 0.148 e. The van der Waals surface area contributed by atoms with Gasteiger partial charge in [0.15, 0.2) is 0 Å². The van der Waals surface area contributed by atoms with Gasteiger partial charge in [-0.05, 0) is 31.0 Å². The topological polar surface area (TPSA) is 75.9 Å². The van der Waals surface area contributed by atoms with Crippen molar-refractivity contribution in [2.75, 3.05) is 10.7 Å². The molecule has 0 fully saturated rings. The highest BCUT2D eigenvalue weighted by molar-refractivity contribution is 9.10. The van der Waals surface area contributed by atoms with E-state index >= 15 is 0 Å². The number of nitrogen functional groups attached to an aromatic ring is 1. The summed E-state index contributed by atoms with van der Waals surface area (Å²) in [7, 11) is 0. The summed E-state index contributed by atoms with van der Waals surface area (Å²) in [5.74, 6) is 6.95. The molecule has 0 bridgehead atoms. The zero-order valence-corrected chi connectivity index (χ0v) is 13.1. The van der Waals surface area contributed by atoms with Crippen LogP contribution in [0.1, 0.15) is 31.0 Å². The second-order valence-electron chi connectivity index (χ2n) is 4.47. The molecule has 1 heterocycles. The van der Waals surface area contributed by atoms with E-state index < -0.39 is 0 Å². The average molecular weight is 336 g/mol. The molecule has 0 amide bonds. The zero-order chi connectivity index (χ0) is 14.5. The number of rotatable bonds is 5. The largest absolute Gasteiger partial charge is 0.363 e. The lowest BCUT2D eigenvalue weighted by Gasteiger charge is -2.18. The maximum absolute atomic E-state index is 5.48. The summed E-state index contributed by atoms with van der Waals surface area (Å²) >= 11 is 3.49. The fraction of sp³-hybridized carbons (Fsp3) is 0.286. The number of hydrogen-bond donors (Lipinski definition) is 3. The van der Waals surface area contributed by atoms with Crippen LogP contribution < -0.4 is 16.6 Å². The van der Waals surface area contributed by atoms with Gasteiger partial charge in [0.25, 0.3) is 0 Å². The molecule has 1 atom stereocenters. The highest BCUT2D eigenvalue weighted by atomic mass is 79.9. The minimum atomic E-state index is 0.137. The van der Waals surface area contributed by atoms with Crippen molar-refractivity contribution in [3.05, 3.63) is 46.2 Å². The molecule has 0 saturated heterocycles. The molecule has 0 aliphatic rings. The van der Waals surface area contributed by atoms with E-state index in [-0.39, 0.29) is 6.04 Å². The number of aromatic nitrogens is 2. The number of hydrazine groups is 1. The SMILES string of the molecule is CCc1c(NN)ncnc1NC(C)c1cccc(Br)c1. The van der Waals surface area contributed by atoms with Crippen LogP contribution in [0.15, 0.2) is 35.1 Å². The first-order chi connectivity index (χ1) is 9.65. The Morgan fingerprint density at radius 2 is 2.05 bits per heavy atom. The van der Waals surface area contributed by atoms with Gasteiger partial charge in [-0.2, -0.15) is 0 Å². The van der Waals surface area contributed by atoms with Gasteiger partial charge in [-0.25, -0.2) is 15.8 Å². The van der Waals surface area contributed by atoms with Crippen LogP contribution >= 0.6 is 15.9 Å². The molecule has 2 rings (SSSR count). The number of nitrogens with one attached hydrogen (secondary N) is 2. The van der Waals surface area contributed by atoms with Crippen molar-refractivity contribution >= 4 is 27.6 Å². The van der Waals surface area contributed by atoms with Crippen LogP contribution in [0.3, 0.4) is 0 Å². The van der Waals surface area contributed by atoms with Crippen LogP contribution in [0.4, 0.5) is 11.6 Å². The fourth-order valence-corrected chi connectivity index (χ4v) is 2.48. The standard InChI is InChI=1S/C14H18BrN5/c1-3-12-13(17-8-18-14(12)20-16)19-9(2)10-5-4-6-11(15)7-10/h4-9H,3,16H2,1-2H3,(H2,17,18,19,20). The molecule has 6 heteroatoms. The van der Waals surface area contributed by atoms with Gasteiger partial charge in [0.05, 0.1) is 0 Å². The van der Waals surface area contributed by atoms with Crippen molar-refractivity contribution in [2.24, 2.45) is 5.84 Å². The van der Waals surface area contributed by atoms with Gasteiger partial charge in [-0.15, -0.1) is 0 Å². The third kappa shape index (κ3) is 3.26. The molecular formula is C14H18BrN5. The fourth-order valence-electron chi connectivity index (χ4n) is 2.06.